The van der Waals surface area contributed by atoms with E-state index in [1.54, 1.807) is 0 Å². The summed E-state index contributed by atoms with van der Waals surface area (Å²) < 4.78 is 0. The summed E-state index contributed by atoms with van der Waals surface area (Å²) in [4.78, 5) is 0. The predicted molar refractivity (Wildman–Crippen MR) is 48.3 cm³/mol. The Kier molecular flexibility index (Phi) is 3.35. The zero-order valence-electron chi connectivity index (χ0n) is 6.94. The number of halogens is 1. The molecule has 0 amide bonds. The molecule has 12 heavy (non-hydrogen) atoms. The van der Waals surface area contributed by atoms with Gasteiger partial charge >= 0.3 is 0 Å². The van der Waals surface area contributed by atoms with Crippen molar-refractivity contribution in [2.45, 2.75) is 25.0 Å². The van der Waals surface area contributed by atoms with Crippen LogP contribution in [0.2, 0.25) is 0 Å². The maximum Gasteiger partial charge on any atom is 0.0802 e. The summed E-state index contributed by atoms with van der Waals surface area (Å²) >= 11 is 0. The lowest BCUT2D eigenvalue weighted by Crippen LogP contribution is -2.38. The average molecular weight is 194 g/mol. The van der Waals surface area contributed by atoms with Gasteiger partial charge in [0.15, 0.2) is 0 Å². The first-order valence-corrected chi connectivity index (χ1v) is 4.34. The van der Waals surface area contributed by atoms with E-state index in [9.17, 15) is 10.2 Å². The molecule has 0 radical (unpaired) electrons. The van der Waals surface area contributed by atoms with E-state index < -0.39 is 12.2 Å². The molecule has 3 N–H and O–H groups in total. The Balaban J connectivity index is 0.000000720. The van der Waals surface area contributed by atoms with Gasteiger partial charge in [0.1, 0.15) is 0 Å². The molecule has 0 bridgehead atoms. The fourth-order valence-electron chi connectivity index (χ4n) is 2.27. The minimum absolute atomic E-state index is 0. The second-order valence-corrected chi connectivity index (χ2v) is 3.78. The van der Waals surface area contributed by atoms with Gasteiger partial charge < -0.3 is 15.5 Å². The van der Waals surface area contributed by atoms with Gasteiger partial charge in [-0.3, -0.25) is 0 Å². The Hall–Kier alpha value is 0.170. The molecule has 4 atom stereocenters. The average Bonchev–Trinajstić information content (AvgIpc) is 2.36. The number of hydrogen-bond donors (Lipinski definition) is 3. The van der Waals surface area contributed by atoms with Crippen LogP contribution in [0.1, 0.15) is 12.8 Å². The zero-order valence-corrected chi connectivity index (χ0v) is 7.76. The van der Waals surface area contributed by atoms with Crippen LogP contribution in [0.4, 0.5) is 0 Å². The Morgan fingerprint density at radius 2 is 1.33 bits per heavy atom. The van der Waals surface area contributed by atoms with Gasteiger partial charge in [-0.05, 0) is 37.8 Å². The third kappa shape index (κ3) is 1.74. The predicted octanol–water partition coefficient (Wildman–Crippen LogP) is -0.241. The van der Waals surface area contributed by atoms with Crippen LogP contribution in [0.25, 0.3) is 0 Å². The van der Waals surface area contributed by atoms with Crippen LogP contribution in [-0.2, 0) is 0 Å². The van der Waals surface area contributed by atoms with Crippen LogP contribution >= 0.6 is 12.4 Å². The van der Waals surface area contributed by atoms with Gasteiger partial charge in [0.05, 0.1) is 12.2 Å². The fourth-order valence-corrected chi connectivity index (χ4v) is 2.27. The van der Waals surface area contributed by atoms with Crippen LogP contribution in [0, 0.1) is 11.8 Å². The molecule has 4 heteroatoms. The standard InChI is InChI=1S/C8H15NO2.ClH/c10-7-1-5-3-9-4-6(5)2-8(7)11;/h5-11H,1-4H2;1H/t5-,6+,7-,8-;/m0./s1. The molecule has 0 spiro atoms. The molecule has 1 aliphatic heterocycles. The molecule has 2 fully saturated rings. The summed E-state index contributed by atoms with van der Waals surface area (Å²) in [5, 5.41) is 22.0. The second kappa shape index (κ2) is 3.92. The highest BCUT2D eigenvalue weighted by Gasteiger charge is 2.37. The van der Waals surface area contributed by atoms with Crippen molar-refractivity contribution in [3.05, 3.63) is 0 Å². The summed E-state index contributed by atoms with van der Waals surface area (Å²) in [5.74, 6) is 1.21. The smallest absolute Gasteiger partial charge is 0.0802 e. The Labute approximate surface area is 78.6 Å². The highest BCUT2D eigenvalue weighted by Crippen LogP contribution is 2.32. The molecule has 0 aromatic heterocycles. The molecule has 1 heterocycles. The molecule has 1 aliphatic carbocycles. The highest BCUT2D eigenvalue weighted by atomic mass is 35.5. The lowest BCUT2D eigenvalue weighted by molar-refractivity contribution is -0.0372. The van der Waals surface area contributed by atoms with E-state index in [4.69, 9.17) is 0 Å². The minimum atomic E-state index is -0.476. The lowest BCUT2D eigenvalue weighted by Gasteiger charge is -2.32. The maximum atomic E-state index is 9.35. The molecule has 1 saturated carbocycles. The van der Waals surface area contributed by atoms with Gasteiger partial charge in [-0.25, -0.2) is 0 Å². The van der Waals surface area contributed by atoms with Crippen molar-refractivity contribution in [2.75, 3.05) is 13.1 Å². The monoisotopic (exact) mass is 193 g/mol. The largest absolute Gasteiger partial charge is 0.390 e. The topological polar surface area (TPSA) is 52.5 Å². The van der Waals surface area contributed by atoms with Crippen LogP contribution in [0.15, 0.2) is 0 Å². The van der Waals surface area contributed by atoms with Gasteiger partial charge in [0.2, 0.25) is 0 Å². The normalized spacial score (nSPS) is 46.5. The van der Waals surface area contributed by atoms with Crippen LogP contribution in [0.3, 0.4) is 0 Å². The Bertz CT molecular complexity index is 140. The quantitative estimate of drug-likeness (QED) is 0.498. The molecule has 72 valence electrons. The first-order valence-electron chi connectivity index (χ1n) is 4.34. The van der Waals surface area contributed by atoms with Crippen LogP contribution < -0.4 is 5.32 Å². The third-order valence-electron chi connectivity index (χ3n) is 3.01. The van der Waals surface area contributed by atoms with Gasteiger partial charge in [-0.15, -0.1) is 12.4 Å². The first kappa shape index (κ1) is 10.3. The van der Waals surface area contributed by atoms with Crippen molar-refractivity contribution in [1.29, 1.82) is 0 Å². The molecule has 0 aromatic rings. The van der Waals surface area contributed by atoms with E-state index in [0.717, 1.165) is 25.9 Å². The lowest BCUT2D eigenvalue weighted by atomic mass is 9.79. The number of aliphatic hydroxyl groups is 2. The van der Waals surface area contributed by atoms with Crippen molar-refractivity contribution in [1.82, 2.24) is 5.32 Å². The van der Waals surface area contributed by atoms with Crippen LogP contribution in [0.5, 0.6) is 0 Å². The van der Waals surface area contributed by atoms with E-state index in [-0.39, 0.29) is 12.4 Å². The van der Waals surface area contributed by atoms with Gasteiger partial charge in [-0.2, -0.15) is 0 Å². The van der Waals surface area contributed by atoms with Crippen molar-refractivity contribution in [3.8, 4) is 0 Å². The number of fused-ring (bicyclic) bond motifs is 1. The fraction of sp³-hybridized carbons (Fsp3) is 1.00. The Morgan fingerprint density at radius 1 is 0.917 bits per heavy atom. The second-order valence-electron chi connectivity index (χ2n) is 3.78. The van der Waals surface area contributed by atoms with E-state index in [2.05, 4.69) is 5.32 Å². The van der Waals surface area contributed by atoms with Crippen molar-refractivity contribution < 1.29 is 10.2 Å². The van der Waals surface area contributed by atoms with E-state index >= 15 is 0 Å². The molecule has 2 rings (SSSR count). The molecule has 2 aliphatic rings. The van der Waals surface area contributed by atoms with Gasteiger partial charge in [-0.1, -0.05) is 0 Å². The summed E-state index contributed by atoms with van der Waals surface area (Å²) in [6.07, 6.45) is 0.602. The maximum absolute atomic E-state index is 9.35. The molecule has 3 nitrogen and oxygen atoms in total. The molecule has 1 saturated heterocycles. The SMILES string of the molecule is Cl.O[C@H]1C[C@H]2CNC[C@H]2C[C@@H]1O. The molecular weight excluding hydrogens is 178 g/mol. The summed E-state index contributed by atoms with van der Waals surface area (Å²) in [6.45, 7) is 2.04. The Morgan fingerprint density at radius 3 is 1.75 bits per heavy atom. The van der Waals surface area contributed by atoms with E-state index in [0.29, 0.717) is 11.8 Å². The first-order chi connectivity index (χ1) is 5.27. The van der Waals surface area contributed by atoms with E-state index in [1.807, 2.05) is 0 Å². The summed E-state index contributed by atoms with van der Waals surface area (Å²) in [7, 11) is 0. The molecular formula is C8H16ClNO2. The van der Waals surface area contributed by atoms with Gasteiger partial charge in [0.25, 0.3) is 0 Å². The summed E-state index contributed by atoms with van der Waals surface area (Å²) in [5.41, 5.74) is 0. The summed E-state index contributed by atoms with van der Waals surface area (Å²) in [6, 6.07) is 0. The number of aliphatic hydroxyl groups excluding tert-OH is 2. The highest BCUT2D eigenvalue weighted by molar-refractivity contribution is 5.85. The van der Waals surface area contributed by atoms with Crippen molar-refractivity contribution in [2.24, 2.45) is 11.8 Å². The van der Waals surface area contributed by atoms with Crippen molar-refractivity contribution in [3.63, 3.8) is 0 Å². The number of hydrogen-bond acceptors (Lipinski definition) is 3. The van der Waals surface area contributed by atoms with Crippen molar-refractivity contribution >= 4 is 12.4 Å². The minimum Gasteiger partial charge on any atom is -0.390 e. The third-order valence-corrected chi connectivity index (χ3v) is 3.01. The number of nitrogens with one attached hydrogen (secondary N) is 1. The number of rotatable bonds is 0. The van der Waals surface area contributed by atoms with Crippen LogP contribution in [-0.4, -0.2) is 35.5 Å². The molecule has 0 unspecified atom stereocenters. The van der Waals surface area contributed by atoms with E-state index in [1.165, 1.54) is 0 Å². The van der Waals surface area contributed by atoms with Gasteiger partial charge in [0, 0.05) is 0 Å². The zero-order chi connectivity index (χ0) is 7.84. The molecule has 0 aromatic carbocycles.